The summed E-state index contributed by atoms with van der Waals surface area (Å²) in [6.45, 7) is 3.91. The topological polar surface area (TPSA) is 64.7 Å². The van der Waals surface area contributed by atoms with Gasteiger partial charge in [-0.2, -0.15) is 0 Å². The average molecular weight is 302 g/mol. The predicted octanol–water partition coefficient (Wildman–Crippen LogP) is 1.35. The first-order valence-electron chi connectivity index (χ1n) is 7.28. The van der Waals surface area contributed by atoms with Crippen LogP contribution in [-0.4, -0.2) is 41.2 Å². The number of ether oxygens (including phenoxy) is 1. The van der Waals surface area contributed by atoms with Gasteiger partial charge in [0.15, 0.2) is 5.76 Å². The SMILES string of the molecule is C[C@@H]1COCCN1C(=O)c1ccc(Cn2ccccc2=O)o1. The molecule has 0 bridgehead atoms. The maximum absolute atomic E-state index is 12.5. The van der Waals surface area contributed by atoms with Crippen molar-refractivity contribution in [1.82, 2.24) is 9.47 Å². The summed E-state index contributed by atoms with van der Waals surface area (Å²) in [6, 6.07) is 8.39. The molecule has 6 heteroatoms. The number of pyridine rings is 1. The van der Waals surface area contributed by atoms with Crippen molar-refractivity contribution in [3.63, 3.8) is 0 Å². The lowest BCUT2D eigenvalue weighted by Crippen LogP contribution is -2.47. The van der Waals surface area contributed by atoms with Gasteiger partial charge in [-0.25, -0.2) is 0 Å². The monoisotopic (exact) mass is 302 g/mol. The van der Waals surface area contributed by atoms with Crippen molar-refractivity contribution in [2.24, 2.45) is 0 Å². The van der Waals surface area contributed by atoms with Crippen LogP contribution in [0.3, 0.4) is 0 Å². The molecular formula is C16H18N2O4. The fourth-order valence-electron chi connectivity index (χ4n) is 2.51. The maximum Gasteiger partial charge on any atom is 0.289 e. The number of hydrogen-bond acceptors (Lipinski definition) is 4. The van der Waals surface area contributed by atoms with Gasteiger partial charge in [0, 0.05) is 18.8 Å². The summed E-state index contributed by atoms with van der Waals surface area (Å²) in [5, 5.41) is 0. The molecule has 2 aromatic rings. The van der Waals surface area contributed by atoms with E-state index in [1.54, 1.807) is 35.4 Å². The predicted molar refractivity (Wildman–Crippen MR) is 79.8 cm³/mol. The lowest BCUT2D eigenvalue weighted by atomic mass is 10.2. The molecule has 1 amide bonds. The molecule has 1 aliphatic heterocycles. The summed E-state index contributed by atoms with van der Waals surface area (Å²) >= 11 is 0. The third-order valence-corrected chi connectivity index (χ3v) is 3.73. The van der Waals surface area contributed by atoms with Crippen LogP contribution in [0.5, 0.6) is 0 Å². The number of nitrogens with zero attached hydrogens (tertiary/aromatic N) is 2. The van der Waals surface area contributed by atoms with Gasteiger partial charge < -0.3 is 18.6 Å². The van der Waals surface area contributed by atoms with Crippen LogP contribution >= 0.6 is 0 Å². The third kappa shape index (κ3) is 2.96. The number of rotatable bonds is 3. The highest BCUT2D eigenvalue weighted by atomic mass is 16.5. The molecule has 0 aromatic carbocycles. The number of amides is 1. The van der Waals surface area contributed by atoms with E-state index in [0.717, 1.165) is 0 Å². The molecule has 1 atom stereocenters. The van der Waals surface area contributed by atoms with Crippen LogP contribution in [0.1, 0.15) is 23.2 Å². The van der Waals surface area contributed by atoms with Gasteiger partial charge in [-0.1, -0.05) is 6.07 Å². The Morgan fingerprint density at radius 2 is 2.18 bits per heavy atom. The highest BCUT2D eigenvalue weighted by Crippen LogP contribution is 2.15. The first-order valence-corrected chi connectivity index (χ1v) is 7.28. The molecule has 1 aliphatic rings. The second-order valence-electron chi connectivity index (χ2n) is 5.36. The number of furan rings is 1. The zero-order valence-electron chi connectivity index (χ0n) is 12.4. The maximum atomic E-state index is 12.5. The zero-order valence-corrected chi connectivity index (χ0v) is 12.4. The Bertz CT molecular complexity index is 719. The van der Waals surface area contributed by atoms with E-state index >= 15 is 0 Å². The van der Waals surface area contributed by atoms with Gasteiger partial charge in [-0.3, -0.25) is 9.59 Å². The summed E-state index contributed by atoms with van der Waals surface area (Å²) in [7, 11) is 0. The fourth-order valence-corrected chi connectivity index (χ4v) is 2.51. The minimum absolute atomic E-state index is 0.0338. The van der Waals surface area contributed by atoms with Crippen molar-refractivity contribution >= 4 is 5.91 Å². The van der Waals surface area contributed by atoms with Gasteiger partial charge in [0.05, 0.1) is 25.8 Å². The van der Waals surface area contributed by atoms with E-state index in [-0.39, 0.29) is 17.5 Å². The van der Waals surface area contributed by atoms with Gasteiger partial charge >= 0.3 is 0 Å². The van der Waals surface area contributed by atoms with Crippen molar-refractivity contribution < 1.29 is 13.9 Å². The van der Waals surface area contributed by atoms with E-state index < -0.39 is 0 Å². The summed E-state index contributed by atoms with van der Waals surface area (Å²) < 4.78 is 12.5. The number of carbonyl (C=O) groups is 1. The van der Waals surface area contributed by atoms with E-state index in [1.807, 2.05) is 6.92 Å². The second-order valence-corrected chi connectivity index (χ2v) is 5.36. The molecule has 0 N–H and O–H groups in total. The van der Waals surface area contributed by atoms with Crippen LogP contribution in [0, 0.1) is 0 Å². The first kappa shape index (κ1) is 14.6. The summed E-state index contributed by atoms with van der Waals surface area (Å²) in [5.74, 6) is 0.743. The van der Waals surface area contributed by atoms with Crippen molar-refractivity contribution in [1.29, 1.82) is 0 Å². The minimum Gasteiger partial charge on any atom is -0.454 e. The normalized spacial score (nSPS) is 18.4. The van der Waals surface area contributed by atoms with Crippen LogP contribution in [0.25, 0.3) is 0 Å². The summed E-state index contributed by atoms with van der Waals surface area (Å²) in [5.41, 5.74) is -0.103. The number of hydrogen-bond donors (Lipinski definition) is 0. The minimum atomic E-state index is -0.137. The Kier molecular flexibility index (Phi) is 4.11. The third-order valence-electron chi connectivity index (χ3n) is 3.73. The van der Waals surface area contributed by atoms with Crippen molar-refractivity contribution in [2.75, 3.05) is 19.8 Å². The molecule has 3 rings (SSSR count). The van der Waals surface area contributed by atoms with E-state index in [0.29, 0.717) is 37.8 Å². The van der Waals surface area contributed by atoms with Crippen molar-refractivity contribution in [2.45, 2.75) is 19.5 Å². The van der Waals surface area contributed by atoms with Crippen LogP contribution < -0.4 is 5.56 Å². The standard InChI is InChI=1S/C16H18N2O4/c1-12-11-21-9-8-18(12)16(20)14-6-5-13(22-14)10-17-7-3-2-4-15(17)19/h2-7,12H,8-11H2,1H3/t12-/m1/s1. The molecule has 0 saturated carbocycles. The highest BCUT2D eigenvalue weighted by Gasteiger charge is 2.26. The molecule has 22 heavy (non-hydrogen) atoms. The Labute approximate surface area is 127 Å². The summed E-state index contributed by atoms with van der Waals surface area (Å²) in [6.07, 6.45) is 1.69. The Balaban J connectivity index is 1.75. The number of carbonyl (C=O) groups excluding carboxylic acids is 1. The smallest absolute Gasteiger partial charge is 0.289 e. The Hall–Kier alpha value is -2.34. The molecular weight excluding hydrogens is 284 g/mol. The van der Waals surface area contributed by atoms with Gasteiger partial charge in [0.2, 0.25) is 0 Å². The Morgan fingerprint density at radius 1 is 1.32 bits per heavy atom. The zero-order chi connectivity index (χ0) is 15.5. The van der Waals surface area contributed by atoms with Gasteiger partial charge in [-0.05, 0) is 25.1 Å². The van der Waals surface area contributed by atoms with Gasteiger partial charge in [-0.15, -0.1) is 0 Å². The van der Waals surface area contributed by atoms with E-state index in [1.165, 1.54) is 10.6 Å². The molecule has 6 nitrogen and oxygen atoms in total. The van der Waals surface area contributed by atoms with Crippen molar-refractivity contribution in [3.05, 3.63) is 58.4 Å². The van der Waals surface area contributed by atoms with Crippen LogP contribution in [0.15, 0.2) is 45.7 Å². The molecule has 0 unspecified atom stereocenters. The lowest BCUT2D eigenvalue weighted by Gasteiger charge is -2.32. The number of morpholine rings is 1. The molecule has 116 valence electrons. The van der Waals surface area contributed by atoms with Crippen LogP contribution in [-0.2, 0) is 11.3 Å². The molecule has 0 radical (unpaired) electrons. The van der Waals surface area contributed by atoms with E-state index in [9.17, 15) is 9.59 Å². The lowest BCUT2D eigenvalue weighted by molar-refractivity contribution is 0.00188. The summed E-state index contributed by atoms with van der Waals surface area (Å²) in [4.78, 5) is 25.9. The van der Waals surface area contributed by atoms with Gasteiger partial charge in [0.1, 0.15) is 5.76 Å². The largest absolute Gasteiger partial charge is 0.454 e. The van der Waals surface area contributed by atoms with E-state index in [2.05, 4.69) is 0 Å². The second kappa shape index (κ2) is 6.19. The molecule has 0 aliphatic carbocycles. The quantitative estimate of drug-likeness (QED) is 0.858. The molecule has 0 spiro atoms. The molecule has 3 heterocycles. The van der Waals surface area contributed by atoms with E-state index in [4.69, 9.17) is 9.15 Å². The highest BCUT2D eigenvalue weighted by molar-refractivity contribution is 5.91. The fraction of sp³-hybridized carbons (Fsp3) is 0.375. The molecule has 1 fully saturated rings. The van der Waals surface area contributed by atoms with Crippen LogP contribution in [0.4, 0.5) is 0 Å². The van der Waals surface area contributed by atoms with Crippen LogP contribution in [0.2, 0.25) is 0 Å². The average Bonchev–Trinajstić information content (AvgIpc) is 2.98. The first-order chi connectivity index (χ1) is 10.6. The van der Waals surface area contributed by atoms with Crippen molar-refractivity contribution in [3.8, 4) is 0 Å². The molecule has 2 aromatic heterocycles. The Morgan fingerprint density at radius 3 is 2.95 bits per heavy atom. The van der Waals surface area contributed by atoms with Gasteiger partial charge in [0.25, 0.3) is 11.5 Å². The number of aromatic nitrogens is 1. The molecule has 1 saturated heterocycles.